The first kappa shape index (κ1) is 14.9. The van der Waals surface area contributed by atoms with E-state index in [1.165, 1.54) is 12.3 Å². The van der Waals surface area contributed by atoms with Crippen LogP contribution in [0.2, 0.25) is 0 Å². The van der Waals surface area contributed by atoms with Gasteiger partial charge in [0.2, 0.25) is 0 Å². The zero-order chi connectivity index (χ0) is 14.5. The van der Waals surface area contributed by atoms with Crippen molar-refractivity contribution in [1.29, 1.82) is 0 Å². The lowest BCUT2D eigenvalue weighted by atomic mass is 10.2. The number of hydrogen-bond donors (Lipinski definition) is 1. The van der Waals surface area contributed by atoms with Crippen LogP contribution < -0.4 is 5.32 Å². The molecule has 0 radical (unpaired) electrons. The number of thioether (sulfide) groups is 1. The number of rotatable bonds is 5. The van der Waals surface area contributed by atoms with Crippen molar-refractivity contribution in [1.82, 2.24) is 10.3 Å². The molecule has 0 atom stereocenters. The Morgan fingerprint density at radius 3 is 2.95 bits per heavy atom. The minimum absolute atomic E-state index is 0.0444. The number of pyridine rings is 1. The van der Waals surface area contributed by atoms with E-state index in [1.54, 1.807) is 17.4 Å². The molecule has 0 aliphatic heterocycles. The molecule has 1 N–H and O–H groups in total. The van der Waals surface area contributed by atoms with Gasteiger partial charge in [0.25, 0.3) is 11.7 Å². The van der Waals surface area contributed by atoms with Gasteiger partial charge in [-0.2, -0.15) is 8.78 Å². The molecule has 2 rings (SSSR count). The number of carbonyl (C=O) groups excluding carboxylic acids is 1. The Morgan fingerprint density at radius 1 is 1.50 bits per heavy atom. The Labute approximate surface area is 123 Å². The van der Waals surface area contributed by atoms with Crippen molar-refractivity contribution in [2.24, 2.45) is 0 Å². The Bertz CT molecular complexity index is 602. The molecule has 2 aromatic rings. The fraction of sp³-hybridized carbons (Fsp3) is 0.231. The summed E-state index contributed by atoms with van der Waals surface area (Å²) in [6.45, 7) is 2.34. The third-order valence-corrected chi connectivity index (χ3v) is 4.34. The lowest BCUT2D eigenvalue weighted by Gasteiger charge is -2.08. The number of carbonyl (C=O) groups is 1. The lowest BCUT2D eigenvalue weighted by molar-refractivity contribution is 0.0947. The Kier molecular flexibility index (Phi) is 5.08. The van der Waals surface area contributed by atoms with Gasteiger partial charge in [0.1, 0.15) is 5.03 Å². The van der Waals surface area contributed by atoms with Crippen molar-refractivity contribution in [3.05, 3.63) is 45.8 Å². The third-order valence-electron chi connectivity index (χ3n) is 2.59. The highest BCUT2D eigenvalue weighted by atomic mass is 32.2. The maximum atomic E-state index is 12.4. The van der Waals surface area contributed by atoms with Crippen LogP contribution in [0.1, 0.15) is 20.8 Å². The number of aryl methyl sites for hydroxylation is 1. The van der Waals surface area contributed by atoms with Crippen LogP contribution in [-0.4, -0.2) is 16.6 Å². The lowest BCUT2D eigenvalue weighted by Crippen LogP contribution is -2.23. The predicted octanol–water partition coefficient (Wildman–Crippen LogP) is 3.70. The minimum atomic E-state index is -2.60. The van der Waals surface area contributed by atoms with E-state index in [0.717, 1.165) is 10.4 Å². The van der Waals surface area contributed by atoms with Crippen LogP contribution in [0.5, 0.6) is 0 Å². The van der Waals surface area contributed by atoms with Gasteiger partial charge in [0, 0.05) is 11.1 Å². The van der Waals surface area contributed by atoms with E-state index in [-0.39, 0.29) is 22.4 Å². The molecule has 2 aromatic heterocycles. The van der Waals surface area contributed by atoms with Gasteiger partial charge in [-0.1, -0.05) is 0 Å². The number of alkyl halides is 2. The van der Waals surface area contributed by atoms with E-state index in [2.05, 4.69) is 10.3 Å². The molecule has 3 nitrogen and oxygen atoms in total. The quantitative estimate of drug-likeness (QED) is 0.856. The van der Waals surface area contributed by atoms with Gasteiger partial charge in [-0.25, -0.2) is 4.98 Å². The molecule has 0 aromatic carbocycles. The van der Waals surface area contributed by atoms with Gasteiger partial charge < -0.3 is 5.32 Å². The molecule has 0 aliphatic rings. The average Bonchev–Trinajstić information content (AvgIpc) is 2.81. The second-order valence-corrected chi connectivity index (χ2v) is 5.92. The Morgan fingerprint density at radius 2 is 2.30 bits per heavy atom. The summed E-state index contributed by atoms with van der Waals surface area (Å²) in [4.78, 5) is 16.9. The number of hydrogen-bond acceptors (Lipinski definition) is 4. The molecule has 0 saturated heterocycles. The first-order valence-electron chi connectivity index (χ1n) is 5.79. The summed E-state index contributed by atoms with van der Waals surface area (Å²) in [5, 5.41) is 4.72. The van der Waals surface area contributed by atoms with E-state index in [1.807, 2.05) is 18.4 Å². The van der Waals surface area contributed by atoms with E-state index in [4.69, 9.17) is 0 Å². The molecule has 7 heteroatoms. The number of thiophene rings is 1. The Balaban J connectivity index is 2.07. The summed E-state index contributed by atoms with van der Waals surface area (Å²) in [7, 11) is 0. The van der Waals surface area contributed by atoms with Crippen molar-refractivity contribution in [2.45, 2.75) is 24.3 Å². The van der Waals surface area contributed by atoms with Crippen LogP contribution in [0, 0.1) is 6.92 Å². The summed E-state index contributed by atoms with van der Waals surface area (Å²) in [5.74, 6) is -3.00. The zero-order valence-electron chi connectivity index (χ0n) is 10.6. The predicted molar refractivity (Wildman–Crippen MR) is 76.3 cm³/mol. The number of aromatic nitrogens is 1. The molecule has 0 spiro atoms. The van der Waals surface area contributed by atoms with Crippen LogP contribution in [-0.2, 0) is 6.54 Å². The summed E-state index contributed by atoms with van der Waals surface area (Å²) < 4.78 is 24.8. The highest BCUT2D eigenvalue weighted by Gasteiger charge is 2.16. The van der Waals surface area contributed by atoms with Gasteiger partial charge in [0.15, 0.2) is 0 Å². The monoisotopic (exact) mass is 314 g/mol. The zero-order valence-corrected chi connectivity index (χ0v) is 12.2. The normalized spacial score (nSPS) is 10.8. The van der Waals surface area contributed by atoms with Gasteiger partial charge in [-0.3, -0.25) is 4.79 Å². The third kappa shape index (κ3) is 3.77. The largest absolute Gasteiger partial charge is 0.347 e. The van der Waals surface area contributed by atoms with Crippen LogP contribution in [0.3, 0.4) is 0 Å². The van der Waals surface area contributed by atoms with Crippen LogP contribution in [0.15, 0.2) is 34.8 Å². The summed E-state index contributed by atoms with van der Waals surface area (Å²) in [5.41, 5.74) is 1.27. The molecule has 2 heterocycles. The van der Waals surface area contributed by atoms with Crippen LogP contribution >= 0.6 is 23.1 Å². The average molecular weight is 314 g/mol. The molecule has 0 bridgehead atoms. The summed E-state index contributed by atoms with van der Waals surface area (Å²) in [6.07, 6.45) is 1.39. The van der Waals surface area contributed by atoms with Crippen molar-refractivity contribution in [3.8, 4) is 0 Å². The Hall–Kier alpha value is -1.47. The first-order chi connectivity index (χ1) is 9.58. The van der Waals surface area contributed by atoms with E-state index < -0.39 is 11.7 Å². The number of nitrogens with zero attached hydrogens (tertiary/aromatic N) is 1. The molecular formula is C13H12F2N2OS2. The van der Waals surface area contributed by atoms with Crippen molar-refractivity contribution >= 4 is 29.0 Å². The molecule has 0 fully saturated rings. The minimum Gasteiger partial charge on any atom is -0.347 e. The molecule has 1 amide bonds. The first-order valence-corrected chi connectivity index (χ1v) is 7.55. The fourth-order valence-corrected chi connectivity index (χ4v) is 3.01. The van der Waals surface area contributed by atoms with Gasteiger partial charge >= 0.3 is 0 Å². The summed E-state index contributed by atoms with van der Waals surface area (Å²) >= 11 is 1.82. The SMILES string of the molecule is Cc1ccsc1CNC(=O)c1cccnc1SC(F)F. The molecule has 20 heavy (non-hydrogen) atoms. The number of amides is 1. The van der Waals surface area contributed by atoms with E-state index in [9.17, 15) is 13.6 Å². The molecule has 0 aliphatic carbocycles. The maximum absolute atomic E-state index is 12.4. The maximum Gasteiger partial charge on any atom is 0.290 e. The molecule has 106 valence electrons. The smallest absolute Gasteiger partial charge is 0.290 e. The second kappa shape index (κ2) is 6.81. The van der Waals surface area contributed by atoms with E-state index >= 15 is 0 Å². The fourth-order valence-electron chi connectivity index (χ4n) is 1.58. The van der Waals surface area contributed by atoms with Crippen molar-refractivity contribution < 1.29 is 13.6 Å². The molecule has 0 unspecified atom stereocenters. The van der Waals surface area contributed by atoms with E-state index in [0.29, 0.717) is 6.54 Å². The molecular weight excluding hydrogens is 302 g/mol. The van der Waals surface area contributed by atoms with Gasteiger partial charge in [0.05, 0.1) is 12.1 Å². The topological polar surface area (TPSA) is 42.0 Å². The van der Waals surface area contributed by atoms with Gasteiger partial charge in [-0.15, -0.1) is 11.3 Å². The van der Waals surface area contributed by atoms with Gasteiger partial charge in [-0.05, 0) is 47.8 Å². The molecule has 0 saturated carbocycles. The number of halogens is 2. The van der Waals surface area contributed by atoms with Crippen LogP contribution in [0.4, 0.5) is 8.78 Å². The second-order valence-electron chi connectivity index (χ2n) is 3.94. The highest BCUT2D eigenvalue weighted by molar-refractivity contribution is 7.99. The van der Waals surface area contributed by atoms with Crippen molar-refractivity contribution in [2.75, 3.05) is 0 Å². The highest BCUT2D eigenvalue weighted by Crippen LogP contribution is 2.26. The van der Waals surface area contributed by atoms with Crippen molar-refractivity contribution in [3.63, 3.8) is 0 Å². The number of nitrogens with one attached hydrogen (secondary N) is 1. The standard InChI is InChI=1S/C13H12F2N2OS2/c1-8-4-6-19-10(8)7-17-11(18)9-3-2-5-16-12(9)20-13(14)15/h2-6,13H,7H2,1H3,(H,17,18). The van der Waals surface area contributed by atoms with Crippen LogP contribution in [0.25, 0.3) is 0 Å². The summed E-state index contributed by atoms with van der Waals surface area (Å²) in [6, 6.07) is 5.02.